The first-order valence-electron chi connectivity index (χ1n) is 7.66. The molecule has 132 valence electrons. The highest BCUT2D eigenvalue weighted by Crippen LogP contribution is 2.34. The number of methoxy groups -OCH3 is 1. The molecule has 1 aliphatic rings. The van der Waals surface area contributed by atoms with E-state index in [2.05, 4.69) is 0 Å². The van der Waals surface area contributed by atoms with Crippen LogP contribution in [0.25, 0.3) is 0 Å². The number of hydrogen-bond donors (Lipinski definition) is 0. The Balaban J connectivity index is 1.67. The molecule has 8 heteroatoms. The summed E-state index contributed by atoms with van der Waals surface area (Å²) in [5, 5.41) is 0.565. The van der Waals surface area contributed by atoms with Gasteiger partial charge in [0.15, 0.2) is 11.5 Å². The van der Waals surface area contributed by atoms with Gasteiger partial charge < -0.3 is 19.0 Å². The van der Waals surface area contributed by atoms with Gasteiger partial charge in [0.1, 0.15) is 0 Å². The van der Waals surface area contributed by atoms with E-state index in [-0.39, 0.29) is 21.9 Å². The van der Waals surface area contributed by atoms with Crippen LogP contribution in [0.4, 0.5) is 0 Å². The van der Waals surface area contributed by atoms with E-state index in [1.54, 1.807) is 21.9 Å². The van der Waals surface area contributed by atoms with Gasteiger partial charge in [-0.2, -0.15) is 0 Å². The monoisotopic (exact) mass is 382 g/mol. The third-order valence-electron chi connectivity index (χ3n) is 4.04. The number of piperazine rings is 1. The Morgan fingerprint density at radius 1 is 1.04 bits per heavy atom. The lowest BCUT2D eigenvalue weighted by atomic mass is 10.1. The third kappa shape index (κ3) is 3.60. The predicted octanol–water partition coefficient (Wildman–Crippen LogP) is 3.19. The van der Waals surface area contributed by atoms with Crippen LogP contribution < -0.4 is 4.74 Å². The van der Waals surface area contributed by atoms with Crippen LogP contribution in [0.2, 0.25) is 10.0 Å². The van der Waals surface area contributed by atoms with Gasteiger partial charge in [-0.3, -0.25) is 9.59 Å². The minimum Gasteiger partial charge on any atom is -0.494 e. The molecular formula is C17H16Cl2N2O4. The summed E-state index contributed by atoms with van der Waals surface area (Å²) in [5.74, 6) is 0.284. The standard InChI is InChI=1S/C17H16Cl2N2O4/c1-24-15-12(18)9-11(10-13(15)19)16(22)20-4-6-21(7-5-20)17(23)14-3-2-8-25-14/h2-3,8-10H,4-7H2,1H3. The van der Waals surface area contributed by atoms with E-state index in [4.69, 9.17) is 32.4 Å². The quantitative estimate of drug-likeness (QED) is 0.817. The summed E-state index contributed by atoms with van der Waals surface area (Å²) in [6, 6.07) is 6.37. The smallest absolute Gasteiger partial charge is 0.289 e. The Labute approximate surface area is 154 Å². The van der Waals surface area contributed by atoms with Crippen molar-refractivity contribution >= 4 is 35.0 Å². The average Bonchev–Trinajstić information content (AvgIpc) is 3.15. The number of carbonyl (C=O) groups excluding carboxylic acids is 2. The maximum Gasteiger partial charge on any atom is 0.289 e. The lowest BCUT2D eigenvalue weighted by Crippen LogP contribution is -2.50. The van der Waals surface area contributed by atoms with Crippen LogP contribution in [0.3, 0.4) is 0 Å². The molecule has 0 radical (unpaired) electrons. The van der Waals surface area contributed by atoms with Gasteiger partial charge >= 0.3 is 0 Å². The van der Waals surface area contributed by atoms with Crippen LogP contribution >= 0.6 is 23.2 Å². The molecule has 2 aromatic rings. The third-order valence-corrected chi connectivity index (χ3v) is 4.60. The van der Waals surface area contributed by atoms with E-state index in [1.165, 1.54) is 25.5 Å². The van der Waals surface area contributed by atoms with Gasteiger partial charge in [-0.1, -0.05) is 23.2 Å². The highest BCUT2D eigenvalue weighted by atomic mass is 35.5. The Hall–Kier alpha value is -2.18. The van der Waals surface area contributed by atoms with Crippen LogP contribution in [0.5, 0.6) is 5.75 Å². The second-order valence-electron chi connectivity index (χ2n) is 5.53. The topological polar surface area (TPSA) is 63.0 Å². The minimum atomic E-state index is -0.184. The molecule has 1 saturated heterocycles. The van der Waals surface area contributed by atoms with Crippen molar-refractivity contribution in [1.29, 1.82) is 0 Å². The summed E-state index contributed by atoms with van der Waals surface area (Å²) in [5.41, 5.74) is 0.390. The molecule has 2 amide bonds. The first-order valence-corrected chi connectivity index (χ1v) is 8.42. The maximum atomic E-state index is 12.7. The Morgan fingerprint density at radius 3 is 2.08 bits per heavy atom. The average molecular weight is 383 g/mol. The number of hydrogen-bond acceptors (Lipinski definition) is 4. The van der Waals surface area contributed by atoms with Gasteiger partial charge in [0.2, 0.25) is 0 Å². The van der Waals surface area contributed by atoms with Crippen LogP contribution in [-0.2, 0) is 0 Å². The number of rotatable bonds is 3. The second kappa shape index (κ2) is 7.37. The van der Waals surface area contributed by atoms with E-state index in [0.29, 0.717) is 43.3 Å². The van der Waals surface area contributed by atoms with Crippen molar-refractivity contribution in [3.63, 3.8) is 0 Å². The second-order valence-corrected chi connectivity index (χ2v) is 6.35. The number of benzene rings is 1. The fourth-order valence-electron chi connectivity index (χ4n) is 2.73. The van der Waals surface area contributed by atoms with Crippen molar-refractivity contribution in [3.05, 3.63) is 51.9 Å². The van der Waals surface area contributed by atoms with Crippen molar-refractivity contribution in [1.82, 2.24) is 9.80 Å². The number of carbonyl (C=O) groups is 2. The molecule has 2 heterocycles. The van der Waals surface area contributed by atoms with Crippen molar-refractivity contribution in [2.45, 2.75) is 0 Å². The molecule has 0 saturated carbocycles. The van der Waals surface area contributed by atoms with Crippen LogP contribution in [-0.4, -0.2) is 54.9 Å². The molecule has 0 atom stereocenters. The van der Waals surface area contributed by atoms with Gasteiger partial charge in [-0.25, -0.2) is 0 Å². The highest BCUT2D eigenvalue weighted by Gasteiger charge is 2.27. The zero-order valence-electron chi connectivity index (χ0n) is 13.5. The van der Waals surface area contributed by atoms with Crippen LogP contribution in [0, 0.1) is 0 Å². The Morgan fingerprint density at radius 2 is 1.60 bits per heavy atom. The lowest BCUT2D eigenvalue weighted by molar-refractivity contribution is 0.0518. The Bertz CT molecular complexity index is 761. The molecule has 1 fully saturated rings. The molecule has 0 bridgehead atoms. The normalized spacial score (nSPS) is 14.5. The molecular weight excluding hydrogens is 367 g/mol. The van der Waals surface area contributed by atoms with Crippen LogP contribution in [0.15, 0.2) is 34.9 Å². The first kappa shape index (κ1) is 17.6. The maximum absolute atomic E-state index is 12.7. The fourth-order valence-corrected chi connectivity index (χ4v) is 3.37. The van der Waals surface area contributed by atoms with Gasteiger partial charge in [0, 0.05) is 31.7 Å². The zero-order valence-corrected chi connectivity index (χ0v) is 15.0. The molecule has 1 aromatic heterocycles. The molecule has 0 aliphatic carbocycles. The van der Waals surface area contributed by atoms with Gasteiger partial charge in [-0.05, 0) is 24.3 Å². The van der Waals surface area contributed by atoms with Gasteiger partial charge in [0.25, 0.3) is 11.8 Å². The van der Waals surface area contributed by atoms with E-state index >= 15 is 0 Å². The highest BCUT2D eigenvalue weighted by molar-refractivity contribution is 6.37. The molecule has 0 unspecified atom stereocenters. The van der Waals surface area contributed by atoms with Crippen molar-refractivity contribution in [3.8, 4) is 5.75 Å². The number of nitrogens with zero attached hydrogens (tertiary/aromatic N) is 2. The summed E-state index contributed by atoms with van der Waals surface area (Å²) in [7, 11) is 1.46. The van der Waals surface area contributed by atoms with Gasteiger partial charge in [0.05, 0.1) is 23.4 Å². The summed E-state index contributed by atoms with van der Waals surface area (Å²) >= 11 is 12.2. The summed E-state index contributed by atoms with van der Waals surface area (Å²) in [6.45, 7) is 1.71. The number of ether oxygens (including phenoxy) is 1. The SMILES string of the molecule is COc1c(Cl)cc(C(=O)N2CCN(C(=O)c3ccco3)CC2)cc1Cl. The zero-order chi connectivity index (χ0) is 18.0. The largest absolute Gasteiger partial charge is 0.494 e. The molecule has 0 spiro atoms. The van der Waals surface area contributed by atoms with E-state index < -0.39 is 0 Å². The number of furan rings is 1. The Kier molecular flexibility index (Phi) is 5.20. The minimum absolute atomic E-state index is 0.173. The van der Waals surface area contributed by atoms with Crippen molar-refractivity contribution in [2.75, 3.05) is 33.3 Å². The van der Waals surface area contributed by atoms with E-state index in [0.717, 1.165) is 0 Å². The lowest BCUT2D eigenvalue weighted by Gasteiger charge is -2.34. The number of halogens is 2. The van der Waals surface area contributed by atoms with E-state index in [9.17, 15) is 9.59 Å². The summed E-state index contributed by atoms with van der Waals surface area (Å²) in [6.07, 6.45) is 1.46. The molecule has 0 N–H and O–H groups in total. The summed E-state index contributed by atoms with van der Waals surface area (Å²) in [4.78, 5) is 28.2. The molecule has 3 rings (SSSR count). The fraction of sp³-hybridized carbons (Fsp3) is 0.294. The molecule has 1 aromatic carbocycles. The first-order chi connectivity index (χ1) is 12.0. The molecule has 25 heavy (non-hydrogen) atoms. The van der Waals surface area contributed by atoms with E-state index in [1.807, 2.05) is 0 Å². The molecule has 1 aliphatic heterocycles. The summed E-state index contributed by atoms with van der Waals surface area (Å²) < 4.78 is 10.2. The number of amides is 2. The molecule has 6 nitrogen and oxygen atoms in total. The van der Waals surface area contributed by atoms with Crippen molar-refractivity contribution < 1.29 is 18.7 Å². The predicted molar refractivity (Wildman–Crippen MR) is 93.5 cm³/mol. The van der Waals surface area contributed by atoms with Crippen LogP contribution in [0.1, 0.15) is 20.9 Å². The van der Waals surface area contributed by atoms with Crippen molar-refractivity contribution in [2.24, 2.45) is 0 Å². The van der Waals surface area contributed by atoms with Gasteiger partial charge in [-0.15, -0.1) is 0 Å².